The fourth-order valence-corrected chi connectivity index (χ4v) is 2.18. The Bertz CT molecular complexity index is 534. The third kappa shape index (κ3) is 4.10. The molecule has 0 saturated heterocycles. The van der Waals surface area contributed by atoms with E-state index in [2.05, 4.69) is 68.4 Å². The van der Waals surface area contributed by atoms with Crippen LogP contribution in [0.15, 0.2) is 48.5 Å². The Labute approximate surface area is 122 Å². The van der Waals surface area contributed by atoms with Crippen molar-refractivity contribution in [1.29, 1.82) is 0 Å². The molecule has 2 aromatic carbocycles. The quantitative estimate of drug-likeness (QED) is 0.735. The van der Waals surface area contributed by atoms with Gasteiger partial charge in [0.1, 0.15) is 5.75 Å². The molecule has 0 aliphatic heterocycles. The summed E-state index contributed by atoms with van der Waals surface area (Å²) in [5.74, 6) is 0.973. The zero-order valence-corrected chi connectivity index (χ0v) is 12.6. The maximum atomic E-state index is 5.97. The second-order valence-corrected chi connectivity index (χ2v) is 5.37. The first-order valence-corrected chi connectivity index (χ1v) is 7.10. The van der Waals surface area contributed by atoms with E-state index in [0.29, 0.717) is 0 Å². The Hall–Kier alpha value is -1.80. The van der Waals surface area contributed by atoms with Gasteiger partial charge in [-0.25, -0.2) is 0 Å². The lowest BCUT2D eigenvalue weighted by Gasteiger charge is -2.14. The molecular weight excluding hydrogens is 246 g/mol. The van der Waals surface area contributed by atoms with Crippen LogP contribution in [0.5, 0.6) is 5.75 Å². The Kier molecular flexibility index (Phi) is 5.19. The molecule has 0 aromatic heterocycles. The minimum atomic E-state index is 0.751. The van der Waals surface area contributed by atoms with Gasteiger partial charge in [0.25, 0.3) is 0 Å². The number of nitrogens with zero attached hydrogens (tertiary/aromatic N) is 1. The highest BCUT2D eigenvalue weighted by Gasteiger charge is 2.06. The third-order valence-corrected chi connectivity index (χ3v) is 3.23. The van der Waals surface area contributed by atoms with E-state index in [1.807, 2.05) is 6.07 Å². The minimum Gasteiger partial charge on any atom is -0.493 e. The van der Waals surface area contributed by atoms with Crippen LogP contribution >= 0.6 is 0 Å². The van der Waals surface area contributed by atoms with Crippen LogP contribution in [-0.4, -0.2) is 32.1 Å². The van der Waals surface area contributed by atoms with Crippen LogP contribution in [0, 0.1) is 6.92 Å². The number of hydrogen-bond donors (Lipinski definition) is 0. The molecule has 0 fully saturated rings. The van der Waals surface area contributed by atoms with Gasteiger partial charge in [-0.1, -0.05) is 42.0 Å². The maximum absolute atomic E-state index is 5.97. The van der Waals surface area contributed by atoms with Crippen molar-refractivity contribution in [2.45, 2.75) is 13.3 Å². The molecule has 2 heteroatoms. The number of benzene rings is 2. The van der Waals surface area contributed by atoms with Crippen molar-refractivity contribution in [3.05, 3.63) is 54.1 Å². The van der Waals surface area contributed by atoms with Crippen molar-refractivity contribution in [2.24, 2.45) is 0 Å². The van der Waals surface area contributed by atoms with Crippen LogP contribution in [0.1, 0.15) is 12.0 Å². The lowest BCUT2D eigenvalue weighted by molar-refractivity contribution is 0.282. The van der Waals surface area contributed by atoms with Gasteiger partial charge < -0.3 is 9.64 Å². The van der Waals surface area contributed by atoms with Crippen LogP contribution < -0.4 is 4.74 Å². The minimum absolute atomic E-state index is 0.751. The van der Waals surface area contributed by atoms with Crippen LogP contribution in [0.25, 0.3) is 11.1 Å². The first-order valence-electron chi connectivity index (χ1n) is 7.10. The topological polar surface area (TPSA) is 12.5 Å². The van der Waals surface area contributed by atoms with Gasteiger partial charge in [-0.3, -0.25) is 0 Å². The zero-order chi connectivity index (χ0) is 14.4. The molecule has 2 aromatic rings. The standard InChI is InChI=1S/C18H23NO/c1-15-10-11-18(20-13-7-12-19(2)3)17(14-15)16-8-5-4-6-9-16/h4-6,8-11,14H,7,12-13H2,1-3H3. The van der Waals surface area contributed by atoms with Gasteiger partial charge in [-0.2, -0.15) is 0 Å². The predicted octanol–water partition coefficient (Wildman–Crippen LogP) is 3.99. The van der Waals surface area contributed by atoms with E-state index >= 15 is 0 Å². The first kappa shape index (κ1) is 14.6. The van der Waals surface area contributed by atoms with E-state index in [4.69, 9.17) is 4.74 Å². The molecule has 0 spiro atoms. The molecule has 0 unspecified atom stereocenters. The third-order valence-electron chi connectivity index (χ3n) is 3.23. The number of ether oxygens (including phenoxy) is 1. The smallest absolute Gasteiger partial charge is 0.127 e. The van der Waals surface area contributed by atoms with E-state index in [1.54, 1.807) is 0 Å². The molecule has 20 heavy (non-hydrogen) atoms. The average molecular weight is 269 g/mol. The van der Waals surface area contributed by atoms with Gasteiger partial charge in [0.15, 0.2) is 0 Å². The molecule has 0 atom stereocenters. The number of hydrogen-bond acceptors (Lipinski definition) is 2. The van der Waals surface area contributed by atoms with Gasteiger partial charge in [-0.15, -0.1) is 0 Å². The summed E-state index contributed by atoms with van der Waals surface area (Å²) < 4.78 is 5.97. The molecule has 0 aliphatic carbocycles. The van der Waals surface area contributed by atoms with Gasteiger partial charge >= 0.3 is 0 Å². The lowest BCUT2D eigenvalue weighted by atomic mass is 10.0. The van der Waals surface area contributed by atoms with Gasteiger partial charge in [0, 0.05) is 12.1 Å². The molecule has 0 saturated carbocycles. The SMILES string of the molecule is Cc1ccc(OCCCN(C)C)c(-c2ccccc2)c1. The molecule has 106 valence electrons. The fourth-order valence-electron chi connectivity index (χ4n) is 2.18. The fraction of sp³-hybridized carbons (Fsp3) is 0.333. The highest BCUT2D eigenvalue weighted by atomic mass is 16.5. The van der Waals surface area contributed by atoms with Crippen LogP contribution in [0.2, 0.25) is 0 Å². The molecule has 2 rings (SSSR count). The van der Waals surface area contributed by atoms with Crippen LogP contribution in [0.3, 0.4) is 0 Å². The van der Waals surface area contributed by atoms with Gasteiger partial charge in [0.2, 0.25) is 0 Å². The van der Waals surface area contributed by atoms with Crippen LogP contribution in [0.4, 0.5) is 0 Å². The van der Waals surface area contributed by atoms with Crippen molar-refractivity contribution in [3.8, 4) is 16.9 Å². The summed E-state index contributed by atoms with van der Waals surface area (Å²) >= 11 is 0. The molecular formula is C18H23NO. The molecule has 0 radical (unpaired) electrons. The Morgan fingerprint density at radius 1 is 1.00 bits per heavy atom. The van der Waals surface area contributed by atoms with Crippen molar-refractivity contribution in [1.82, 2.24) is 4.90 Å². The number of rotatable bonds is 6. The summed E-state index contributed by atoms with van der Waals surface area (Å²) in [4.78, 5) is 2.18. The molecule has 2 nitrogen and oxygen atoms in total. The second-order valence-electron chi connectivity index (χ2n) is 5.37. The largest absolute Gasteiger partial charge is 0.493 e. The summed E-state index contributed by atoms with van der Waals surface area (Å²) in [6.45, 7) is 3.91. The summed E-state index contributed by atoms with van der Waals surface area (Å²) in [6.07, 6.45) is 1.04. The van der Waals surface area contributed by atoms with Crippen molar-refractivity contribution >= 4 is 0 Å². The Balaban J connectivity index is 2.12. The summed E-state index contributed by atoms with van der Waals surface area (Å²) in [5.41, 5.74) is 3.64. The predicted molar refractivity (Wildman–Crippen MR) is 85.3 cm³/mol. The average Bonchev–Trinajstić information content (AvgIpc) is 2.45. The summed E-state index contributed by atoms with van der Waals surface area (Å²) in [5, 5.41) is 0. The van der Waals surface area contributed by atoms with Gasteiger partial charge in [0.05, 0.1) is 6.61 Å². The van der Waals surface area contributed by atoms with Crippen LogP contribution in [-0.2, 0) is 0 Å². The maximum Gasteiger partial charge on any atom is 0.127 e. The lowest BCUT2D eigenvalue weighted by Crippen LogP contribution is -2.15. The second kappa shape index (κ2) is 7.11. The molecule has 0 bridgehead atoms. The molecule has 0 heterocycles. The van der Waals surface area contributed by atoms with Crippen molar-refractivity contribution in [2.75, 3.05) is 27.2 Å². The van der Waals surface area contributed by atoms with E-state index in [0.717, 1.165) is 25.3 Å². The summed E-state index contributed by atoms with van der Waals surface area (Å²) in [7, 11) is 4.17. The Morgan fingerprint density at radius 2 is 1.75 bits per heavy atom. The van der Waals surface area contributed by atoms with E-state index in [-0.39, 0.29) is 0 Å². The first-order chi connectivity index (χ1) is 9.66. The highest BCUT2D eigenvalue weighted by Crippen LogP contribution is 2.30. The molecule has 0 amide bonds. The van der Waals surface area contributed by atoms with Gasteiger partial charge in [-0.05, 0) is 45.1 Å². The number of aryl methyl sites for hydroxylation is 1. The van der Waals surface area contributed by atoms with Crippen molar-refractivity contribution < 1.29 is 4.74 Å². The van der Waals surface area contributed by atoms with E-state index in [9.17, 15) is 0 Å². The highest BCUT2D eigenvalue weighted by molar-refractivity contribution is 5.71. The normalized spacial score (nSPS) is 10.8. The Morgan fingerprint density at radius 3 is 2.45 bits per heavy atom. The van der Waals surface area contributed by atoms with Crippen molar-refractivity contribution in [3.63, 3.8) is 0 Å². The van der Waals surface area contributed by atoms with E-state index in [1.165, 1.54) is 16.7 Å². The summed E-state index contributed by atoms with van der Waals surface area (Å²) in [6, 6.07) is 16.8. The molecule has 0 aliphatic rings. The van der Waals surface area contributed by atoms with E-state index < -0.39 is 0 Å². The zero-order valence-electron chi connectivity index (χ0n) is 12.6. The molecule has 0 N–H and O–H groups in total. The monoisotopic (exact) mass is 269 g/mol.